The van der Waals surface area contributed by atoms with Gasteiger partial charge in [-0.3, -0.25) is 0 Å². The summed E-state index contributed by atoms with van der Waals surface area (Å²) in [7, 11) is 0. The summed E-state index contributed by atoms with van der Waals surface area (Å²) in [6.45, 7) is 6.87. The molecule has 0 saturated carbocycles. The van der Waals surface area contributed by atoms with Crippen molar-refractivity contribution in [3.63, 3.8) is 0 Å². The zero-order valence-corrected chi connectivity index (χ0v) is 9.04. The van der Waals surface area contributed by atoms with Gasteiger partial charge in [-0.15, -0.1) is 0 Å². The molecule has 0 aromatic heterocycles. The van der Waals surface area contributed by atoms with Gasteiger partial charge in [-0.25, -0.2) is 0 Å². The van der Waals surface area contributed by atoms with Crippen molar-refractivity contribution in [3.05, 3.63) is 0 Å². The minimum Gasteiger partial charge on any atom is -0.162 e. The lowest BCUT2D eigenvalue weighted by molar-refractivity contribution is 0.493. The molecule has 1 unspecified atom stereocenters. The molecule has 0 aromatic rings. The third-order valence-corrected chi connectivity index (χ3v) is 3.12. The van der Waals surface area contributed by atoms with Crippen LogP contribution in [0.15, 0.2) is 0 Å². The van der Waals surface area contributed by atoms with Crippen molar-refractivity contribution in [1.82, 2.24) is 0 Å². The number of unbranched alkanes of at least 4 members (excludes halogenated alkanes) is 1. The minimum absolute atomic E-state index is 0.946. The van der Waals surface area contributed by atoms with Gasteiger partial charge >= 0.3 is 0 Å². The van der Waals surface area contributed by atoms with E-state index in [-0.39, 0.29) is 0 Å². The van der Waals surface area contributed by atoms with E-state index in [2.05, 4.69) is 32.5 Å². The van der Waals surface area contributed by atoms with Crippen molar-refractivity contribution in [3.8, 4) is 0 Å². The van der Waals surface area contributed by atoms with E-state index in [9.17, 15) is 0 Å². The molecule has 0 aliphatic rings. The van der Waals surface area contributed by atoms with Crippen LogP contribution in [0.4, 0.5) is 0 Å². The molecule has 0 nitrogen and oxygen atoms in total. The smallest absolute Gasteiger partial charge is 0.00676 e. The average Bonchev–Trinajstić information content (AvgIpc) is 2.04. The molecule has 0 bridgehead atoms. The van der Waals surface area contributed by atoms with Crippen LogP contribution < -0.4 is 0 Å². The highest BCUT2D eigenvalue weighted by Gasteiger charge is 1.97. The summed E-state index contributed by atoms with van der Waals surface area (Å²) < 4.78 is 0. The number of hydrogen-bond acceptors (Lipinski definition) is 1. The lowest BCUT2D eigenvalue weighted by Gasteiger charge is -2.06. The number of rotatable bonds is 7. The van der Waals surface area contributed by atoms with Gasteiger partial charge in [0.1, 0.15) is 0 Å². The Bertz CT molecular complexity index is 71.3. The Hall–Kier alpha value is 0.350. The lowest BCUT2D eigenvalue weighted by atomic mass is 10.0. The summed E-state index contributed by atoms with van der Waals surface area (Å²) >= 11 is 2.07. The molecule has 68 valence electrons. The standard InChI is InChI=1S/C10H22S/c1-4-10(3)8-6-7-9-11-5-2/h10H,4-9H2,1-3H3. The SMILES string of the molecule is CCSCCCCC(C)CC. The Labute approximate surface area is 76.1 Å². The van der Waals surface area contributed by atoms with E-state index in [4.69, 9.17) is 0 Å². The quantitative estimate of drug-likeness (QED) is 0.527. The van der Waals surface area contributed by atoms with Crippen molar-refractivity contribution < 1.29 is 0 Å². The summed E-state index contributed by atoms with van der Waals surface area (Å²) in [6.07, 6.45) is 5.63. The van der Waals surface area contributed by atoms with E-state index in [0.29, 0.717) is 0 Å². The van der Waals surface area contributed by atoms with Crippen LogP contribution in [0.3, 0.4) is 0 Å². The Balaban J connectivity index is 2.89. The molecule has 0 aromatic carbocycles. The van der Waals surface area contributed by atoms with Gasteiger partial charge < -0.3 is 0 Å². The van der Waals surface area contributed by atoms with Crippen LogP contribution >= 0.6 is 11.8 Å². The molecule has 0 fully saturated rings. The van der Waals surface area contributed by atoms with E-state index < -0.39 is 0 Å². The van der Waals surface area contributed by atoms with Gasteiger partial charge in [0.2, 0.25) is 0 Å². The predicted octanol–water partition coefficient (Wildman–Crippen LogP) is 3.96. The first-order chi connectivity index (χ1) is 5.31. The van der Waals surface area contributed by atoms with Crippen LogP contribution in [-0.4, -0.2) is 11.5 Å². The van der Waals surface area contributed by atoms with Crippen LogP contribution in [0.5, 0.6) is 0 Å². The topological polar surface area (TPSA) is 0 Å². The van der Waals surface area contributed by atoms with Gasteiger partial charge in [0, 0.05) is 0 Å². The maximum atomic E-state index is 2.35. The second-order valence-corrected chi connectivity index (χ2v) is 4.60. The highest BCUT2D eigenvalue weighted by molar-refractivity contribution is 7.99. The van der Waals surface area contributed by atoms with E-state index in [0.717, 1.165) is 5.92 Å². The Morgan fingerprint density at radius 2 is 1.91 bits per heavy atom. The van der Waals surface area contributed by atoms with Gasteiger partial charge in [0.25, 0.3) is 0 Å². The molecule has 0 aliphatic carbocycles. The average molecular weight is 174 g/mol. The summed E-state index contributed by atoms with van der Waals surface area (Å²) in [5, 5.41) is 0. The Morgan fingerprint density at radius 3 is 2.45 bits per heavy atom. The Morgan fingerprint density at radius 1 is 1.18 bits per heavy atom. The lowest BCUT2D eigenvalue weighted by Crippen LogP contribution is -1.92. The van der Waals surface area contributed by atoms with Crippen LogP contribution in [0, 0.1) is 5.92 Å². The summed E-state index contributed by atoms with van der Waals surface area (Å²) in [6, 6.07) is 0. The first kappa shape index (κ1) is 11.4. The zero-order chi connectivity index (χ0) is 8.53. The number of hydrogen-bond donors (Lipinski definition) is 0. The molecule has 0 amide bonds. The predicted molar refractivity (Wildman–Crippen MR) is 56.3 cm³/mol. The van der Waals surface area contributed by atoms with Crippen LogP contribution in [-0.2, 0) is 0 Å². The summed E-state index contributed by atoms with van der Waals surface area (Å²) in [5.74, 6) is 3.60. The molecular weight excluding hydrogens is 152 g/mol. The summed E-state index contributed by atoms with van der Waals surface area (Å²) in [5.41, 5.74) is 0. The van der Waals surface area contributed by atoms with Crippen LogP contribution in [0.2, 0.25) is 0 Å². The van der Waals surface area contributed by atoms with E-state index in [1.54, 1.807) is 0 Å². The van der Waals surface area contributed by atoms with Crippen LogP contribution in [0.25, 0.3) is 0 Å². The molecule has 1 heteroatoms. The third kappa shape index (κ3) is 8.25. The molecule has 0 saturated heterocycles. The monoisotopic (exact) mass is 174 g/mol. The van der Waals surface area contributed by atoms with E-state index >= 15 is 0 Å². The molecule has 0 N–H and O–H groups in total. The van der Waals surface area contributed by atoms with E-state index in [1.165, 1.54) is 37.2 Å². The van der Waals surface area contributed by atoms with Gasteiger partial charge in [0.05, 0.1) is 0 Å². The zero-order valence-electron chi connectivity index (χ0n) is 8.23. The van der Waals surface area contributed by atoms with Crippen molar-refractivity contribution in [2.75, 3.05) is 11.5 Å². The molecule has 0 radical (unpaired) electrons. The third-order valence-electron chi connectivity index (χ3n) is 2.14. The maximum absolute atomic E-state index is 2.35. The number of thioether (sulfide) groups is 1. The molecule has 0 heterocycles. The van der Waals surface area contributed by atoms with Crippen molar-refractivity contribution in [2.45, 2.75) is 46.5 Å². The summed E-state index contributed by atoms with van der Waals surface area (Å²) in [4.78, 5) is 0. The largest absolute Gasteiger partial charge is 0.162 e. The normalized spacial score (nSPS) is 13.4. The fourth-order valence-electron chi connectivity index (χ4n) is 1.05. The van der Waals surface area contributed by atoms with Crippen molar-refractivity contribution >= 4 is 11.8 Å². The van der Waals surface area contributed by atoms with Crippen molar-refractivity contribution in [1.29, 1.82) is 0 Å². The van der Waals surface area contributed by atoms with Gasteiger partial charge in [-0.2, -0.15) is 11.8 Å². The minimum atomic E-state index is 0.946. The fraction of sp³-hybridized carbons (Fsp3) is 1.00. The molecule has 0 spiro atoms. The van der Waals surface area contributed by atoms with Crippen molar-refractivity contribution in [2.24, 2.45) is 5.92 Å². The first-order valence-corrected chi connectivity index (χ1v) is 6.04. The highest BCUT2D eigenvalue weighted by Crippen LogP contribution is 2.12. The first-order valence-electron chi connectivity index (χ1n) is 4.89. The molecule has 0 aliphatic heterocycles. The van der Waals surface area contributed by atoms with Gasteiger partial charge in [0.15, 0.2) is 0 Å². The maximum Gasteiger partial charge on any atom is -0.00676 e. The van der Waals surface area contributed by atoms with Gasteiger partial charge in [-0.1, -0.05) is 40.0 Å². The van der Waals surface area contributed by atoms with E-state index in [1.807, 2.05) is 0 Å². The van der Waals surface area contributed by atoms with Gasteiger partial charge in [-0.05, 0) is 23.8 Å². The Kier molecular flexibility index (Phi) is 8.72. The van der Waals surface area contributed by atoms with Crippen LogP contribution in [0.1, 0.15) is 46.5 Å². The molecule has 0 rings (SSSR count). The fourth-order valence-corrected chi connectivity index (χ4v) is 1.74. The molecular formula is C10H22S. The highest BCUT2D eigenvalue weighted by atomic mass is 32.2. The molecule has 1 atom stereocenters. The second-order valence-electron chi connectivity index (χ2n) is 3.21. The molecule has 11 heavy (non-hydrogen) atoms. The second kappa shape index (κ2) is 8.45.